The fourth-order valence-corrected chi connectivity index (χ4v) is 3.11. The predicted octanol–water partition coefficient (Wildman–Crippen LogP) is 2.62. The van der Waals surface area contributed by atoms with Crippen molar-refractivity contribution in [1.82, 2.24) is 20.6 Å². The lowest BCUT2D eigenvalue weighted by atomic mass is 10.0. The Kier molecular flexibility index (Phi) is 6.23. The first kappa shape index (κ1) is 20.5. The normalized spacial score (nSPS) is 10.8. The number of hydrazine groups is 1. The van der Waals surface area contributed by atoms with Crippen molar-refractivity contribution in [2.45, 2.75) is 26.2 Å². The predicted molar refractivity (Wildman–Crippen MR) is 119 cm³/mol. The minimum Gasteiger partial charge on any atom is -0.331 e. The zero-order valence-corrected chi connectivity index (χ0v) is 17.3. The molecule has 2 aromatic carbocycles. The van der Waals surface area contributed by atoms with E-state index in [-0.39, 0.29) is 23.0 Å². The molecule has 0 atom stereocenters. The van der Waals surface area contributed by atoms with Crippen LogP contribution >= 0.6 is 12.2 Å². The molecule has 0 aliphatic heterocycles. The molecule has 29 heavy (non-hydrogen) atoms. The monoisotopic (exact) mass is 409 g/mol. The second-order valence-corrected chi connectivity index (χ2v) is 7.41. The van der Waals surface area contributed by atoms with Crippen LogP contribution in [0.4, 0.5) is 5.69 Å². The molecule has 1 aromatic heterocycles. The number of aryl methyl sites for hydroxylation is 1. The highest BCUT2D eigenvalue weighted by Gasteiger charge is 2.12. The summed E-state index contributed by atoms with van der Waals surface area (Å²) in [5.74, 6) is 0.135. The van der Waals surface area contributed by atoms with Crippen LogP contribution in [0.1, 0.15) is 31.0 Å². The third-order valence-electron chi connectivity index (χ3n) is 4.51. The number of carbonyl (C=O) groups excluding carboxylic acids is 1. The van der Waals surface area contributed by atoms with Crippen molar-refractivity contribution >= 4 is 39.7 Å². The zero-order valence-electron chi connectivity index (χ0n) is 16.5. The van der Waals surface area contributed by atoms with Crippen LogP contribution in [0.5, 0.6) is 0 Å². The van der Waals surface area contributed by atoms with E-state index in [0.29, 0.717) is 22.4 Å². The number of amides is 1. The number of benzene rings is 2. The average Bonchev–Trinajstić information content (AvgIpc) is 2.71. The van der Waals surface area contributed by atoms with Gasteiger partial charge >= 0.3 is 0 Å². The fraction of sp³-hybridized carbons (Fsp3) is 0.238. The standard InChI is InChI=1S/C21H23N5O2S/c1-13(2)14-8-10-15(11-9-14)22-21(29)24-23-19(27)12-18-16-6-4-5-7-17(16)20(28)26(3)25-18/h4-11,13H,12H2,1-3H3,(H,23,27)(H2,22,24,29). The van der Waals surface area contributed by atoms with Crippen LogP contribution in [0.2, 0.25) is 0 Å². The molecule has 1 heterocycles. The maximum absolute atomic E-state index is 12.3. The maximum Gasteiger partial charge on any atom is 0.274 e. The fourth-order valence-electron chi connectivity index (χ4n) is 2.94. The van der Waals surface area contributed by atoms with Crippen molar-refractivity contribution in [2.24, 2.45) is 7.05 Å². The second-order valence-electron chi connectivity index (χ2n) is 7.00. The molecule has 3 rings (SSSR count). The Morgan fingerprint density at radius 3 is 2.38 bits per heavy atom. The summed E-state index contributed by atoms with van der Waals surface area (Å²) >= 11 is 5.22. The molecule has 0 saturated heterocycles. The number of nitrogens with one attached hydrogen (secondary N) is 3. The Labute approximate surface area is 174 Å². The molecule has 0 bridgehead atoms. The zero-order chi connectivity index (χ0) is 21.0. The summed E-state index contributed by atoms with van der Waals surface area (Å²) in [7, 11) is 1.57. The van der Waals surface area contributed by atoms with Gasteiger partial charge in [-0.15, -0.1) is 0 Å². The molecular weight excluding hydrogens is 386 g/mol. The summed E-state index contributed by atoms with van der Waals surface area (Å²) in [5.41, 5.74) is 7.63. The number of carbonyl (C=O) groups is 1. The van der Waals surface area contributed by atoms with Gasteiger partial charge in [0, 0.05) is 18.1 Å². The highest BCUT2D eigenvalue weighted by molar-refractivity contribution is 7.80. The molecule has 0 spiro atoms. The molecule has 0 unspecified atom stereocenters. The number of nitrogens with zero attached hydrogens (tertiary/aromatic N) is 2. The van der Waals surface area contributed by atoms with Gasteiger partial charge in [-0.3, -0.25) is 20.4 Å². The topological polar surface area (TPSA) is 88.0 Å². The molecule has 1 amide bonds. The maximum atomic E-state index is 12.3. The Morgan fingerprint density at radius 1 is 1.07 bits per heavy atom. The SMILES string of the molecule is CC(C)c1ccc(NC(=S)NNC(=O)Cc2nn(C)c(=O)c3ccccc23)cc1. The van der Waals surface area contributed by atoms with Gasteiger partial charge < -0.3 is 5.32 Å². The minimum atomic E-state index is -0.319. The van der Waals surface area contributed by atoms with Crippen molar-refractivity contribution in [1.29, 1.82) is 0 Å². The van der Waals surface area contributed by atoms with Crippen molar-refractivity contribution in [3.05, 3.63) is 70.1 Å². The molecule has 3 aromatic rings. The number of aromatic nitrogens is 2. The van der Waals surface area contributed by atoms with Gasteiger partial charge in [-0.2, -0.15) is 5.10 Å². The van der Waals surface area contributed by atoms with Crippen LogP contribution < -0.4 is 21.7 Å². The van der Waals surface area contributed by atoms with E-state index in [4.69, 9.17) is 12.2 Å². The molecule has 0 radical (unpaired) electrons. The van der Waals surface area contributed by atoms with E-state index >= 15 is 0 Å². The van der Waals surface area contributed by atoms with Crippen LogP contribution in [-0.4, -0.2) is 20.8 Å². The van der Waals surface area contributed by atoms with Crippen LogP contribution in [-0.2, 0) is 18.3 Å². The first-order chi connectivity index (χ1) is 13.8. The van der Waals surface area contributed by atoms with Gasteiger partial charge in [0.1, 0.15) is 0 Å². The minimum absolute atomic E-state index is 0.00727. The van der Waals surface area contributed by atoms with Gasteiger partial charge in [0.2, 0.25) is 5.91 Å². The van der Waals surface area contributed by atoms with Gasteiger partial charge in [0.25, 0.3) is 5.56 Å². The second kappa shape index (κ2) is 8.83. The quantitative estimate of drug-likeness (QED) is 0.454. The third kappa shape index (κ3) is 4.97. The third-order valence-corrected chi connectivity index (χ3v) is 4.72. The lowest BCUT2D eigenvalue weighted by Crippen LogP contribution is -2.44. The first-order valence-electron chi connectivity index (χ1n) is 9.26. The van der Waals surface area contributed by atoms with E-state index in [0.717, 1.165) is 5.69 Å². The Morgan fingerprint density at radius 2 is 1.72 bits per heavy atom. The molecule has 0 saturated carbocycles. The summed E-state index contributed by atoms with van der Waals surface area (Å²) in [5, 5.41) is 8.71. The Bertz CT molecular complexity index is 1110. The van der Waals surface area contributed by atoms with E-state index in [1.807, 2.05) is 30.3 Å². The van der Waals surface area contributed by atoms with Gasteiger partial charge in [-0.25, -0.2) is 4.68 Å². The highest BCUT2D eigenvalue weighted by atomic mass is 32.1. The molecule has 0 fully saturated rings. The van der Waals surface area contributed by atoms with Crippen molar-refractivity contribution in [3.63, 3.8) is 0 Å². The summed E-state index contributed by atoms with van der Waals surface area (Å²) in [6.07, 6.45) is 0.00727. The smallest absolute Gasteiger partial charge is 0.274 e. The number of fused-ring (bicyclic) bond motifs is 1. The van der Waals surface area contributed by atoms with Gasteiger partial charge in [0.15, 0.2) is 5.11 Å². The van der Waals surface area contributed by atoms with Gasteiger partial charge in [-0.05, 0) is 41.9 Å². The van der Waals surface area contributed by atoms with E-state index in [1.165, 1.54) is 10.2 Å². The molecule has 150 valence electrons. The summed E-state index contributed by atoms with van der Waals surface area (Å²) in [6.45, 7) is 4.26. The number of thiocarbonyl (C=S) groups is 1. The first-order valence-corrected chi connectivity index (χ1v) is 9.66. The molecule has 0 aliphatic carbocycles. The number of hydrogen-bond acceptors (Lipinski definition) is 4. The summed E-state index contributed by atoms with van der Waals surface area (Å²) < 4.78 is 1.24. The lowest BCUT2D eigenvalue weighted by molar-refractivity contribution is -0.121. The Hall–Kier alpha value is -3.26. The van der Waals surface area contributed by atoms with E-state index in [9.17, 15) is 9.59 Å². The lowest BCUT2D eigenvalue weighted by Gasteiger charge is -2.13. The molecule has 3 N–H and O–H groups in total. The van der Waals surface area contributed by atoms with Crippen LogP contribution in [0.15, 0.2) is 53.3 Å². The largest absolute Gasteiger partial charge is 0.331 e. The van der Waals surface area contributed by atoms with Gasteiger partial charge in [-0.1, -0.05) is 44.2 Å². The average molecular weight is 410 g/mol. The summed E-state index contributed by atoms with van der Waals surface area (Å²) in [4.78, 5) is 24.5. The van der Waals surface area contributed by atoms with Crippen molar-refractivity contribution in [2.75, 3.05) is 5.32 Å². The van der Waals surface area contributed by atoms with Crippen LogP contribution in [0.3, 0.4) is 0 Å². The van der Waals surface area contributed by atoms with Crippen LogP contribution in [0.25, 0.3) is 10.8 Å². The van der Waals surface area contributed by atoms with Crippen molar-refractivity contribution in [3.8, 4) is 0 Å². The number of hydrogen-bond donors (Lipinski definition) is 3. The van der Waals surface area contributed by atoms with Gasteiger partial charge in [0.05, 0.1) is 17.5 Å². The molecule has 7 nitrogen and oxygen atoms in total. The molecule has 8 heteroatoms. The van der Waals surface area contributed by atoms with E-state index < -0.39 is 0 Å². The van der Waals surface area contributed by atoms with Crippen LogP contribution in [0, 0.1) is 0 Å². The number of anilines is 1. The summed E-state index contributed by atoms with van der Waals surface area (Å²) in [6, 6.07) is 15.0. The highest BCUT2D eigenvalue weighted by Crippen LogP contribution is 2.17. The van der Waals surface area contributed by atoms with E-state index in [1.54, 1.807) is 25.2 Å². The molecule has 0 aliphatic rings. The molecular formula is C21H23N5O2S. The Balaban J connectivity index is 1.60. The van der Waals surface area contributed by atoms with E-state index in [2.05, 4.69) is 35.1 Å². The van der Waals surface area contributed by atoms with Crippen molar-refractivity contribution < 1.29 is 4.79 Å². The number of rotatable bonds is 4.